The van der Waals surface area contributed by atoms with Crippen LogP contribution in [0.4, 0.5) is 0 Å². The minimum absolute atomic E-state index is 0.0000507. The Morgan fingerprint density at radius 3 is 0.939 bits per heavy atom. The van der Waals surface area contributed by atoms with E-state index in [0.717, 1.165) is 57.8 Å². The molecule has 0 bridgehead atoms. The Labute approximate surface area is 512 Å². The molecule has 6 heteroatoms. The molecule has 6 nitrogen and oxygen atoms in total. The number of carbonyl (C=O) groups is 2. The monoisotopic (exact) mass is 1150 g/mol. The molecule has 0 aliphatic rings. The van der Waals surface area contributed by atoms with Crippen molar-refractivity contribution < 1.29 is 24.5 Å². The molecule has 0 radical (unpaired) electrons. The second-order valence-corrected chi connectivity index (χ2v) is 25.3. The van der Waals surface area contributed by atoms with Gasteiger partial charge < -0.3 is 20.3 Å². The summed E-state index contributed by atoms with van der Waals surface area (Å²) in [7, 11) is 0. The molecule has 0 heterocycles. The van der Waals surface area contributed by atoms with E-state index in [1.54, 1.807) is 0 Å². The van der Waals surface area contributed by atoms with Crippen LogP contribution >= 0.6 is 0 Å². The molecule has 0 spiro atoms. The second kappa shape index (κ2) is 71.3. The molecule has 0 fully saturated rings. The highest BCUT2D eigenvalue weighted by atomic mass is 16.5. The van der Waals surface area contributed by atoms with E-state index in [9.17, 15) is 19.8 Å². The van der Waals surface area contributed by atoms with E-state index >= 15 is 0 Å². The first-order valence-corrected chi connectivity index (χ1v) is 36.9. The summed E-state index contributed by atoms with van der Waals surface area (Å²) < 4.78 is 5.49. The van der Waals surface area contributed by atoms with Crippen molar-refractivity contribution in [2.75, 3.05) is 13.2 Å². The van der Waals surface area contributed by atoms with Gasteiger partial charge in [0.15, 0.2) is 0 Å². The quantitative estimate of drug-likeness (QED) is 0.0320. The summed E-state index contributed by atoms with van der Waals surface area (Å²) in [4.78, 5) is 24.6. The number of aliphatic hydroxyl groups is 2. The molecule has 482 valence electrons. The van der Waals surface area contributed by atoms with Crippen molar-refractivity contribution in [3.8, 4) is 0 Å². The molecule has 0 rings (SSSR count). The molecule has 0 aromatic rings. The molecular weight excluding hydrogens is 1010 g/mol. The van der Waals surface area contributed by atoms with E-state index in [4.69, 9.17) is 4.74 Å². The van der Waals surface area contributed by atoms with E-state index in [1.165, 1.54) is 308 Å². The van der Waals surface area contributed by atoms with Gasteiger partial charge >= 0.3 is 5.97 Å². The van der Waals surface area contributed by atoms with Gasteiger partial charge in [0, 0.05) is 12.8 Å². The molecule has 0 aliphatic heterocycles. The fourth-order valence-electron chi connectivity index (χ4n) is 11.5. The zero-order valence-corrected chi connectivity index (χ0v) is 55.2. The zero-order valence-electron chi connectivity index (χ0n) is 55.2. The van der Waals surface area contributed by atoms with Crippen molar-refractivity contribution in [2.45, 2.75) is 411 Å². The number of esters is 1. The van der Waals surface area contributed by atoms with Crippen molar-refractivity contribution in [1.29, 1.82) is 0 Å². The number of rotatable bonds is 69. The van der Waals surface area contributed by atoms with Gasteiger partial charge in [-0.25, -0.2) is 0 Å². The predicted octanol–water partition coefficient (Wildman–Crippen LogP) is 24.0. The minimum Gasteiger partial charge on any atom is -0.466 e. The smallest absolute Gasteiger partial charge is 0.305 e. The maximum atomic E-state index is 12.5. The lowest BCUT2D eigenvalue weighted by Crippen LogP contribution is -2.45. The lowest BCUT2D eigenvalue weighted by molar-refractivity contribution is -0.143. The molecule has 0 aliphatic carbocycles. The van der Waals surface area contributed by atoms with Crippen LogP contribution in [0.5, 0.6) is 0 Å². The van der Waals surface area contributed by atoms with Crippen LogP contribution in [0, 0.1) is 0 Å². The second-order valence-electron chi connectivity index (χ2n) is 25.3. The Hall–Kier alpha value is -2.18. The van der Waals surface area contributed by atoms with E-state index in [2.05, 4.69) is 67.8 Å². The summed E-state index contributed by atoms with van der Waals surface area (Å²) >= 11 is 0. The number of amides is 1. The fraction of sp³-hybridized carbons (Fsp3) is 0.868. The largest absolute Gasteiger partial charge is 0.466 e. The van der Waals surface area contributed by atoms with Crippen LogP contribution in [0.25, 0.3) is 0 Å². The lowest BCUT2D eigenvalue weighted by Gasteiger charge is -2.22. The van der Waals surface area contributed by atoms with E-state index in [0.29, 0.717) is 25.9 Å². The van der Waals surface area contributed by atoms with Gasteiger partial charge in [-0.05, 0) is 89.9 Å². The molecule has 0 saturated heterocycles. The number of hydrogen-bond acceptors (Lipinski definition) is 5. The summed E-state index contributed by atoms with van der Waals surface area (Å²) in [5.74, 6) is -0.0312. The van der Waals surface area contributed by atoms with Crippen molar-refractivity contribution in [3.63, 3.8) is 0 Å². The van der Waals surface area contributed by atoms with E-state index in [-0.39, 0.29) is 18.5 Å². The molecular formula is C76H143NO5. The predicted molar refractivity (Wildman–Crippen MR) is 361 cm³/mol. The van der Waals surface area contributed by atoms with Crippen LogP contribution in [0.15, 0.2) is 48.6 Å². The zero-order chi connectivity index (χ0) is 59.2. The number of carbonyl (C=O) groups excluding carboxylic acids is 2. The Morgan fingerprint density at radius 1 is 0.341 bits per heavy atom. The topological polar surface area (TPSA) is 95.9 Å². The van der Waals surface area contributed by atoms with Crippen molar-refractivity contribution >= 4 is 11.9 Å². The van der Waals surface area contributed by atoms with Crippen molar-refractivity contribution in [1.82, 2.24) is 5.32 Å². The molecule has 0 saturated carbocycles. The van der Waals surface area contributed by atoms with Gasteiger partial charge in [0.2, 0.25) is 5.91 Å². The lowest BCUT2D eigenvalue weighted by atomic mass is 10.0. The van der Waals surface area contributed by atoms with Crippen LogP contribution in [-0.2, 0) is 14.3 Å². The third-order valence-corrected chi connectivity index (χ3v) is 17.1. The van der Waals surface area contributed by atoms with Gasteiger partial charge in [-0.1, -0.05) is 345 Å². The van der Waals surface area contributed by atoms with E-state index < -0.39 is 12.1 Å². The highest BCUT2D eigenvalue weighted by Gasteiger charge is 2.20. The highest BCUT2D eigenvalue weighted by molar-refractivity contribution is 5.76. The Balaban J connectivity index is 3.40. The first-order chi connectivity index (χ1) is 40.5. The average Bonchev–Trinajstić information content (AvgIpc) is 3.48. The standard InChI is InChI=1S/C76H143NO5/c1-3-5-7-9-11-13-15-17-19-21-37-40-44-48-52-56-60-64-68-74(79)73(72-78)77-75(80)69-65-61-57-53-49-45-41-38-35-33-31-29-27-25-23-22-24-26-28-30-32-34-36-39-43-47-51-55-59-63-67-71-82-76(81)70-66-62-58-54-50-46-42-20-18-16-14-12-10-8-6-4-2/h14,16,20,24,26,30,32,42,73-74,78-79H,3-13,15,17-19,21-23,25,27-29,31,33-41,43-72H2,1-2H3,(H,77,80)/b16-14-,26-24-,32-30-,42-20-. The normalized spacial score (nSPS) is 12.8. The van der Waals surface area contributed by atoms with Gasteiger partial charge in [0.1, 0.15) is 0 Å². The SMILES string of the molecule is CCCCCC/C=C\C/C=C\CCCCCCCC(=O)OCCCCCCCCCCC/C=C\C/C=C\CCCCCCCCCCCCCCCCCC(=O)NC(CO)C(O)CCCCCCCCCCCCCCCCCCCC. The summed E-state index contributed by atoms with van der Waals surface area (Å²) in [6.07, 6.45) is 93.1. The van der Waals surface area contributed by atoms with Gasteiger partial charge in [0.25, 0.3) is 0 Å². The van der Waals surface area contributed by atoms with E-state index in [1.807, 2.05) is 0 Å². The Kier molecular flexibility index (Phi) is 69.4. The number of ether oxygens (including phenoxy) is 1. The van der Waals surface area contributed by atoms with Gasteiger partial charge in [-0.2, -0.15) is 0 Å². The third kappa shape index (κ3) is 67.0. The molecule has 3 N–H and O–H groups in total. The summed E-state index contributed by atoms with van der Waals surface area (Å²) in [5.41, 5.74) is 0. The minimum atomic E-state index is -0.665. The third-order valence-electron chi connectivity index (χ3n) is 17.1. The maximum Gasteiger partial charge on any atom is 0.305 e. The first kappa shape index (κ1) is 79.8. The average molecular weight is 1150 g/mol. The van der Waals surface area contributed by atoms with Gasteiger partial charge in [0.05, 0.1) is 25.4 Å². The van der Waals surface area contributed by atoms with Crippen LogP contribution in [0.1, 0.15) is 399 Å². The summed E-state index contributed by atoms with van der Waals surface area (Å²) in [6.45, 7) is 4.96. The molecule has 2 unspecified atom stereocenters. The van der Waals surface area contributed by atoms with Crippen LogP contribution < -0.4 is 5.32 Å². The molecule has 0 aromatic heterocycles. The number of hydrogen-bond donors (Lipinski definition) is 3. The fourth-order valence-corrected chi connectivity index (χ4v) is 11.5. The van der Waals surface area contributed by atoms with Crippen molar-refractivity contribution in [3.05, 3.63) is 48.6 Å². The number of allylic oxidation sites excluding steroid dienone is 8. The molecule has 82 heavy (non-hydrogen) atoms. The molecule has 1 amide bonds. The molecule has 2 atom stereocenters. The van der Waals surface area contributed by atoms with Gasteiger partial charge in [-0.3, -0.25) is 9.59 Å². The van der Waals surface area contributed by atoms with Gasteiger partial charge in [-0.15, -0.1) is 0 Å². The maximum absolute atomic E-state index is 12.5. The van der Waals surface area contributed by atoms with Crippen LogP contribution in [0.3, 0.4) is 0 Å². The first-order valence-electron chi connectivity index (χ1n) is 36.9. The Morgan fingerprint density at radius 2 is 0.610 bits per heavy atom. The number of nitrogens with one attached hydrogen (secondary N) is 1. The van der Waals surface area contributed by atoms with Crippen molar-refractivity contribution in [2.24, 2.45) is 0 Å². The number of aliphatic hydroxyl groups excluding tert-OH is 2. The molecule has 0 aromatic carbocycles. The number of unbranched alkanes of at least 4 members (excludes halogenated alkanes) is 50. The Bertz CT molecular complexity index is 1370. The summed E-state index contributed by atoms with van der Waals surface area (Å²) in [5, 5.41) is 23.4. The highest BCUT2D eigenvalue weighted by Crippen LogP contribution is 2.19. The van der Waals surface area contributed by atoms with Crippen LogP contribution in [-0.4, -0.2) is 47.4 Å². The van der Waals surface area contributed by atoms with Crippen LogP contribution in [0.2, 0.25) is 0 Å². The summed E-state index contributed by atoms with van der Waals surface area (Å²) in [6, 6.07) is -0.542.